The van der Waals surface area contributed by atoms with Crippen LogP contribution in [0.15, 0.2) is 49.3 Å². The Balaban J connectivity index is 1.76. The van der Waals surface area contributed by atoms with Gasteiger partial charge in [0.2, 0.25) is 5.82 Å². The zero-order valence-corrected chi connectivity index (χ0v) is 16.3. The number of phenolic OH excluding ortho intramolecular Hbond substituents is 1. The van der Waals surface area contributed by atoms with Gasteiger partial charge < -0.3 is 19.3 Å². The fourth-order valence-corrected chi connectivity index (χ4v) is 2.73. The number of hydrogen-bond acceptors (Lipinski definition) is 6. The zero-order valence-electron chi connectivity index (χ0n) is 15.6. The maximum absolute atomic E-state index is 10.4. The molecule has 0 aliphatic rings. The third-order valence-corrected chi connectivity index (χ3v) is 4.16. The largest absolute Gasteiger partial charge is 0.504 e. The monoisotopic (exact) mass is 401 g/mol. The number of halogens is 1. The summed E-state index contributed by atoms with van der Waals surface area (Å²) in [5.41, 5.74) is 1.44. The molecule has 0 spiro atoms. The van der Waals surface area contributed by atoms with Gasteiger partial charge in [-0.3, -0.25) is 0 Å². The molecule has 0 radical (unpaired) electrons. The molecule has 146 valence electrons. The number of hydrogen-bond donors (Lipinski definition) is 1. The molecule has 1 aromatic heterocycles. The summed E-state index contributed by atoms with van der Waals surface area (Å²) in [5, 5.41) is 14.9. The van der Waals surface area contributed by atoms with Gasteiger partial charge in [-0.2, -0.15) is 0 Å². The van der Waals surface area contributed by atoms with E-state index >= 15 is 0 Å². The van der Waals surface area contributed by atoms with Gasteiger partial charge in [-0.05, 0) is 30.7 Å². The van der Waals surface area contributed by atoms with Crippen LogP contribution in [-0.2, 0) is 11.3 Å². The lowest BCUT2D eigenvalue weighted by Crippen LogP contribution is -2.00. The number of rotatable bonds is 8. The van der Waals surface area contributed by atoms with Crippen molar-refractivity contribution in [2.75, 3.05) is 13.7 Å². The zero-order chi connectivity index (χ0) is 20.1. The highest BCUT2D eigenvalue weighted by Gasteiger charge is 2.14. The van der Waals surface area contributed by atoms with Crippen LogP contribution in [0.25, 0.3) is 11.4 Å². The Morgan fingerprint density at radius 1 is 1.25 bits per heavy atom. The third kappa shape index (κ3) is 4.37. The maximum atomic E-state index is 10.4. The van der Waals surface area contributed by atoms with E-state index in [0.717, 1.165) is 11.3 Å². The van der Waals surface area contributed by atoms with Gasteiger partial charge in [0.05, 0.1) is 24.4 Å². The van der Waals surface area contributed by atoms with Gasteiger partial charge in [0.1, 0.15) is 18.7 Å². The first-order valence-electron chi connectivity index (χ1n) is 8.54. The first kappa shape index (κ1) is 19.6. The van der Waals surface area contributed by atoms with Crippen molar-refractivity contribution in [1.29, 1.82) is 0 Å². The van der Waals surface area contributed by atoms with E-state index in [1.54, 1.807) is 13.2 Å². The van der Waals surface area contributed by atoms with Crippen molar-refractivity contribution in [3.63, 3.8) is 0 Å². The highest BCUT2D eigenvalue weighted by Crippen LogP contribution is 2.37. The average molecular weight is 402 g/mol. The standard InChI is InChI=1S/C20H20ClN3O4/c1-4-27-13(2)20-22-12-24(23-20)15-9-17(21)19(18(25)10-15)28-11-14-5-7-16(26-3)8-6-14/h5-10,12,25H,2,4,11H2,1,3H3. The second kappa shape index (κ2) is 8.67. The lowest BCUT2D eigenvalue weighted by Gasteiger charge is -2.12. The van der Waals surface area contributed by atoms with Crippen LogP contribution in [0, 0.1) is 0 Å². The molecule has 0 amide bonds. The second-order valence-electron chi connectivity index (χ2n) is 5.78. The Kier molecular flexibility index (Phi) is 6.06. The van der Waals surface area contributed by atoms with Crippen molar-refractivity contribution in [2.24, 2.45) is 0 Å². The van der Waals surface area contributed by atoms with Crippen molar-refractivity contribution in [2.45, 2.75) is 13.5 Å². The topological polar surface area (TPSA) is 78.6 Å². The summed E-state index contributed by atoms with van der Waals surface area (Å²) in [6.45, 7) is 6.34. The van der Waals surface area contributed by atoms with E-state index in [9.17, 15) is 5.11 Å². The summed E-state index contributed by atoms with van der Waals surface area (Å²) in [7, 11) is 1.61. The van der Waals surface area contributed by atoms with E-state index in [1.165, 1.54) is 17.1 Å². The van der Waals surface area contributed by atoms with Crippen molar-refractivity contribution in [3.8, 4) is 22.9 Å². The Labute approximate surface area is 167 Å². The van der Waals surface area contributed by atoms with Crippen LogP contribution in [0.1, 0.15) is 18.3 Å². The van der Waals surface area contributed by atoms with E-state index in [-0.39, 0.29) is 23.1 Å². The van der Waals surface area contributed by atoms with Gasteiger partial charge in [0.25, 0.3) is 0 Å². The molecule has 0 unspecified atom stereocenters. The molecule has 3 rings (SSSR count). The van der Waals surface area contributed by atoms with E-state index < -0.39 is 0 Å². The van der Waals surface area contributed by atoms with Gasteiger partial charge in [0, 0.05) is 6.07 Å². The highest BCUT2D eigenvalue weighted by atomic mass is 35.5. The lowest BCUT2D eigenvalue weighted by molar-refractivity contribution is 0.289. The van der Waals surface area contributed by atoms with Gasteiger partial charge in [-0.15, -0.1) is 5.10 Å². The molecule has 1 heterocycles. The molecule has 3 aromatic rings. The molecule has 0 atom stereocenters. The fourth-order valence-electron chi connectivity index (χ4n) is 2.47. The number of phenols is 1. The van der Waals surface area contributed by atoms with Crippen LogP contribution in [0.5, 0.6) is 17.2 Å². The molecule has 8 heteroatoms. The summed E-state index contributed by atoms with van der Waals surface area (Å²) in [5.74, 6) is 1.58. The van der Waals surface area contributed by atoms with Crippen molar-refractivity contribution < 1.29 is 19.3 Å². The number of methoxy groups -OCH3 is 1. The molecule has 0 saturated carbocycles. The average Bonchev–Trinajstić information content (AvgIpc) is 3.18. The molecular formula is C20H20ClN3O4. The molecule has 7 nitrogen and oxygen atoms in total. The Morgan fingerprint density at radius 2 is 2.00 bits per heavy atom. The Bertz CT molecular complexity index is 947. The fraction of sp³-hybridized carbons (Fsp3) is 0.200. The normalized spacial score (nSPS) is 10.5. The Morgan fingerprint density at radius 3 is 2.64 bits per heavy atom. The van der Waals surface area contributed by atoms with E-state index in [2.05, 4.69) is 16.7 Å². The molecule has 1 N–H and O–H groups in total. The van der Waals surface area contributed by atoms with E-state index in [4.69, 9.17) is 25.8 Å². The predicted octanol–water partition coefficient (Wildman–Crippen LogP) is 4.22. The highest BCUT2D eigenvalue weighted by molar-refractivity contribution is 6.32. The molecule has 2 aromatic carbocycles. The van der Waals surface area contributed by atoms with E-state index in [1.807, 2.05) is 31.2 Å². The summed E-state index contributed by atoms with van der Waals surface area (Å²) in [6, 6.07) is 10.5. The number of benzene rings is 2. The Hall–Kier alpha value is -3.19. The van der Waals surface area contributed by atoms with Gasteiger partial charge in [-0.25, -0.2) is 9.67 Å². The molecule has 0 aliphatic heterocycles. The third-order valence-electron chi connectivity index (χ3n) is 3.88. The molecule has 0 fully saturated rings. The molecule has 0 bridgehead atoms. The van der Waals surface area contributed by atoms with Gasteiger partial charge in [-0.1, -0.05) is 30.3 Å². The van der Waals surface area contributed by atoms with Gasteiger partial charge >= 0.3 is 0 Å². The maximum Gasteiger partial charge on any atom is 0.216 e. The van der Waals surface area contributed by atoms with Crippen LogP contribution < -0.4 is 9.47 Å². The van der Waals surface area contributed by atoms with E-state index in [0.29, 0.717) is 23.9 Å². The summed E-state index contributed by atoms with van der Waals surface area (Å²) >= 11 is 6.31. The quantitative estimate of drug-likeness (QED) is 0.569. The van der Waals surface area contributed by atoms with Crippen LogP contribution in [0.4, 0.5) is 0 Å². The number of aromatic nitrogens is 3. The minimum absolute atomic E-state index is 0.100. The van der Waals surface area contributed by atoms with Gasteiger partial charge in [0.15, 0.2) is 17.3 Å². The minimum Gasteiger partial charge on any atom is -0.504 e. The van der Waals surface area contributed by atoms with Crippen LogP contribution in [-0.4, -0.2) is 33.6 Å². The second-order valence-corrected chi connectivity index (χ2v) is 6.19. The minimum atomic E-state index is -0.100. The number of aromatic hydroxyl groups is 1. The van der Waals surface area contributed by atoms with Crippen molar-refractivity contribution in [3.05, 3.63) is 65.7 Å². The molecular weight excluding hydrogens is 382 g/mol. The first-order chi connectivity index (χ1) is 13.5. The van der Waals surface area contributed by atoms with Crippen molar-refractivity contribution >= 4 is 17.4 Å². The van der Waals surface area contributed by atoms with Crippen LogP contribution in [0.2, 0.25) is 5.02 Å². The number of nitrogens with zero attached hydrogens (tertiary/aromatic N) is 3. The van der Waals surface area contributed by atoms with Crippen LogP contribution in [0.3, 0.4) is 0 Å². The summed E-state index contributed by atoms with van der Waals surface area (Å²) in [4.78, 5) is 4.14. The molecule has 0 aliphatic carbocycles. The summed E-state index contributed by atoms with van der Waals surface area (Å²) < 4.78 is 17.6. The smallest absolute Gasteiger partial charge is 0.216 e. The van der Waals surface area contributed by atoms with Crippen LogP contribution >= 0.6 is 11.6 Å². The SMILES string of the molecule is C=C(OCC)c1ncn(-c2cc(O)c(OCc3ccc(OC)cc3)c(Cl)c2)n1. The van der Waals surface area contributed by atoms with Crippen molar-refractivity contribution in [1.82, 2.24) is 14.8 Å². The summed E-state index contributed by atoms with van der Waals surface area (Å²) in [6.07, 6.45) is 1.49. The lowest BCUT2D eigenvalue weighted by atomic mass is 10.2. The molecule has 28 heavy (non-hydrogen) atoms. The first-order valence-corrected chi connectivity index (χ1v) is 8.92. The predicted molar refractivity (Wildman–Crippen MR) is 106 cm³/mol. The molecule has 0 saturated heterocycles. The number of ether oxygens (including phenoxy) is 3.